The third kappa shape index (κ3) is 4.97. The van der Waals surface area contributed by atoms with Crippen LogP contribution in [0.25, 0.3) is 0 Å². The van der Waals surface area contributed by atoms with Crippen LogP contribution in [-0.2, 0) is 13.1 Å². The van der Waals surface area contributed by atoms with Gasteiger partial charge in [0.05, 0.1) is 28.3 Å². The number of aromatic nitrogens is 2. The summed E-state index contributed by atoms with van der Waals surface area (Å²) >= 11 is 1.38. The van der Waals surface area contributed by atoms with E-state index in [1.807, 2.05) is 16.3 Å². The van der Waals surface area contributed by atoms with Gasteiger partial charge in [-0.3, -0.25) is 9.69 Å². The molecule has 162 valence electrons. The Bertz CT molecular complexity index is 1090. The molecule has 1 aliphatic heterocycles. The van der Waals surface area contributed by atoms with E-state index in [0.717, 1.165) is 30.8 Å². The maximum absolute atomic E-state index is 13.1. The van der Waals surface area contributed by atoms with E-state index in [1.165, 1.54) is 29.5 Å². The first kappa shape index (κ1) is 21.1. The Labute approximate surface area is 182 Å². The summed E-state index contributed by atoms with van der Waals surface area (Å²) in [6.07, 6.45) is 0. The van der Waals surface area contributed by atoms with Crippen molar-refractivity contribution in [3.05, 3.63) is 79.4 Å². The Balaban J connectivity index is 1.33. The molecule has 8 nitrogen and oxygen atoms in total. The first-order chi connectivity index (χ1) is 14.9. The van der Waals surface area contributed by atoms with E-state index in [2.05, 4.69) is 10.00 Å². The molecule has 3 heterocycles. The highest BCUT2D eigenvalue weighted by Gasteiger charge is 2.24. The Morgan fingerprint density at radius 3 is 2.48 bits per heavy atom. The van der Waals surface area contributed by atoms with E-state index in [9.17, 15) is 19.3 Å². The number of hydrogen-bond donors (Lipinski definition) is 0. The van der Waals surface area contributed by atoms with Crippen molar-refractivity contribution < 1.29 is 14.1 Å². The van der Waals surface area contributed by atoms with Crippen molar-refractivity contribution in [2.24, 2.45) is 0 Å². The van der Waals surface area contributed by atoms with Crippen LogP contribution in [0.3, 0.4) is 0 Å². The number of halogens is 1. The minimum absolute atomic E-state index is 0.000787. The Kier molecular flexibility index (Phi) is 6.10. The van der Waals surface area contributed by atoms with Crippen molar-refractivity contribution in [1.29, 1.82) is 0 Å². The van der Waals surface area contributed by atoms with Crippen LogP contribution in [0, 0.1) is 22.9 Å². The quantitative estimate of drug-likeness (QED) is 0.431. The van der Waals surface area contributed by atoms with E-state index < -0.39 is 4.92 Å². The fourth-order valence-electron chi connectivity index (χ4n) is 3.60. The first-order valence-electron chi connectivity index (χ1n) is 9.91. The molecule has 3 aromatic rings. The molecular weight excluding hydrogens is 421 g/mol. The highest BCUT2D eigenvalue weighted by atomic mass is 32.1. The molecule has 0 saturated carbocycles. The molecule has 4 rings (SSSR count). The molecule has 1 aromatic carbocycles. The minimum atomic E-state index is -0.512. The molecule has 0 unspecified atom stereocenters. The zero-order chi connectivity index (χ0) is 22.0. The molecule has 10 heteroatoms. The molecule has 0 atom stereocenters. The van der Waals surface area contributed by atoms with Crippen LogP contribution in [0.15, 0.2) is 41.8 Å². The molecule has 0 N–H and O–H groups in total. The number of carbonyl (C=O) groups excluding carboxylic acids is 1. The van der Waals surface area contributed by atoms with Crippen LogP contribution < -0.4 is 0 Å². The largest absolute Gasteiger partial charge is 0.390 e. The lowest BCUT2D eigenvalue weighted by atomic mass is 10.2. The van der Waals surface area contributed by atoms with E-state index >= 15 is 0 Å². The monoisotopic (exact) mass is 443 g/mol. The number of benzene rings is 1. The third-order valence-corrected chi connectivity index (χ3v) is 6.30. The standard InChI is InChI=1S/C21H22FN5O3S/c1-15-10-20(27(29)30)23-26(15)13-17-11-19(31-14-17)21(28)25-8-6-24(7-9-25)12-16-2-4-18(22)5-3-16/h2-5,10-11,14H,6-9,12-13H2,1H3. The molecule has 0 bridgehead atoms. The minimum Gasteiger partial charge on any atom is -0.358 e. The van der Waals surface area contributed by atoms with Gasteiger partial charge in [-0.15, -0.1) is 11.3 Å². The fraction of sp³-hybridized carbons (Fsp3) is 0.333. The van der Waals surface area contributed by atoms with Crippen LogP contribution in [0.5, 0.6) is 0 Å². The van der Waals surface area contributed by atoms with E-state index in [4.69, 9.17) is 0 Å². The number of nitro groups is 1. The maximum Gasteiger partial charge on any atom is 0.390 e. The van der Waals surface area contributed by atoms with Crippen molar-refractivity contribution >= 4 is 23.1 Å². The lowest BCUT2D eigenvalue weighted by Crippen LogP contribution is -2.48. The maximum atomic E-state index is 13.1. The van der Waals surface area contributed by atoms with E-state index in [1.54, 1.807) is 23.7 Å². The van der Waals surface area contributed by atoms with Crippen molar-refractivity contribution in [3.63, 3.8) is 0 Å². The number of carbonyl (C=O) groups is 1. The number of rotatable bonds is 6. The van der Waals surface area contributed by atoms with Crippen LogP contribution in [-0.4, -0.2) is 56.6 Å². The second kappa shape index (κ2) is 8.94. The van der Waals surface area contributed by atoms with Gasteiger partial charge in [-0.1, -0.05) is 12.1 Å². The predicted molar refractivity (Wildman–Crippen MR) is 115 cm³/mol. The van der Waals surface area contributed by atoms with Gasteiger partial charge in [0, 0.05) is 32.7 Å². The molecule has 0 spiro atoms. The summed E-state index contributed by atoms with van der Waals surface area (Å²) in [5.74, 6) is -0.418. The van der Waals surface area contributed by atoms with Crippen LogP contribution in [0.4, 0.5) is 10.2 Å². The smallest absolute Gasteiger partial charge is 0.358 e. The number of hydrogen-bond acceptors (Lipinski definition) is 6. The van der Waals surface area contributed by atoms with Crippen molar-refractivity contribution in [1.82, 2.24) is 19.6 Å². The number of nitrogens with zero attached hydrogens (tertiary/aromatic N) is 5. The van der Waals surface area contributed by atoms with Gasteiger partial charge in [0.2, 0.25) is 0 Å². The van der Waals surface area contributed by atoms with Crippen molar-refractivity contribution in [2.45, 2.75) is 20.0 Å². The molecule has 2 aromatic heterocycles. The highest BCUT2D eigenvalue weighted by Crippen LogP contribution is 2.21. The SMILES string of the molecule is Cc1cc([N+](=O)[O-])nn1Cc1csc(C(=O)N2CCN(Cc3ccc(F)cc3)CC2)c1. The number of amides is 1. The van der Waals surface area contributed by atoms with E-state index in [-0.39, 0.29) is 17.5 Å². The lowest BCUT2D eigenvalue weighted by molar-refractivity contribution is -0.389. The molecule has 0 aliphatic carbocycles. The summed E-state index contributed by atoms with van der Waals surface area (Å²) in [4.78, 5) is 28.0. The Hall–Kier alpha value is -3.11. The molecule has 1 amide bonds. The Morgan fingerprint density at radius 2 is 1.84 bits per heavy atom. The van der Waals surface area contributed by atoms with Gasteiger partial charge in [0.15, 0.2) is 0 Å². The van der Waals surface area contributed by atoms with Gasteiger partial charge in [0.1, 0.15) is 5.82 Å². The van der Waals surface area contributed by atoms with Gasteiger partial charge in [-0.05, 0) is 46.6 Å². The van der Waals surface area contributed by atoms with Crippen LogP contribution in [0.2, 0.25) is 0 Å². The van der Waals surface area contributed by atoms with E-state index in [0.29, 0.717) is 30.2 Å². The van der Waals surface area contributed by atoms with Crippen molar-refractivity contribution in [2.75, 3.05) is 26.2 Å². The number of thiophene rings is 1. The molecule has 0 radical (unpaired) electrons. The molecule has 1 saturated heterocycles. The second-order valence-electron chi connectivity index (χ2n) is 7.57. The summed E-state index contributed by atoms with van der Waals surface area (Å²) < 4.78 is 14.6. The summed E-state index contributed by atoms with van der Waals surface area (Å²) in [5.41, 5.74) is 2.64. The zero-order valence-electron chi connectivity index (χ0n) is 17.0. The molecule has 1 fully saturated rings. The normalized spacial score (nSPS) is 14.7. The number of aryl methyl sites for hydroxylation is 1. The molecule has 1 aliphatic rings. The number of piperazine rings is 1. The summed E-state index contributed by atoms with van der Waals surface area (Å²) in [6.45, 7) is 5.68. The predicted octanol–water partition coefficient (Wildman–Crippen LogP) is 3.31. The highest BCUT2D eigenvalue weighted by molar-refractivity contribution is 7.12. The van der Waals surface area contributed by atoms with Gasteiger partial charge >= 0.3 is 5.82 Å². The molecule has 31 heavy (non-hydrogen) atoms. The van der Waals surface area contributed by atoms with Crippen molar-refractivity contribution in [3.8, 4) is 0 Å². The summed E-state index contributed by atoms with van der Waals surface area (Å²) in [6, 6.07) is 9.78. The lowest BCUT2D eigenvalue weighted by Gasteiger charge is -2.34. The van der Waals surface area contributed by atoms with Crippen LogP contribution >= 0.6 is 11.3 Å². The van der Waals surface area contributed by atoms with Gasteiger partial charge < -0.3 is 15.0 Å². The average molecular weight is 444 g/mol. The third-order valence-electron chi connectivity index (χ3n) is 5.33. The van der Waals surface area contributed by atoms with Crippen LogP contribution in [0.1, 0.15) is 26.5 Å². The zero-order valence-corrected chi connectivity index (χ0v) is 17.8. The molecular formula is C21H22FN5O3S. The van der Waals surface area contributed by atoms with Gasteiger partial charge in [-0.25, -0.2) is 4.39 Å². The van der Waals surface area contributed by atoms with Gasteiger partial charge in [-0.2, -0.15) is 4.68 Å². The van der Waals surface area contributed by atoms with Gasteiger partial charge in [0.25, 0.3) is 5.91 Å². The summed E-state index contributed by atoms with van der Waals surface area (Å²) in [7, 11) is 0. The summed E-state index contributed by atoms with van der Waals surface area (Å²) in [5, 5.41) is 16.8. The Morgan fingerprint density at radius 1 is 1.13 bits per heavy atom. The average Bonchev–Trinajstić information content (AvgIpc) is 3.37. The topological polar surface area (TPSA) is 84.5 Å². The fourth-order valence-corrected chi connectivity index (χ4v) is 4.47. The first-order valence-corrected chi connectivity index (χ1v) is 10.8. The second-order valence-corrected chi connectivity index (χ2v) is 8.48.